The molecule has 0 spiro atoms. The van der Waals surface area contributed by atoms with E-state index in [0.29, 0.717) is 25.2 Å². The van der Waals surface area contributed by atoms with E-state index in [-0.39, 0.29) is 0 Å². The fourth-order valence-electron chi connectivity index (χ4n) is 4.95. The van der Waals surface area contributed by atoms with Crippen molar-refractivity contribution in [2.75, 3.05) is 0 Å². The molecule has 1 heterocycles. The van der Waals surface area contributed by atoms with Crippen molar-refractivity contribution in [1.29, 1.82) is 0 Å². The van der Waals surface area contributed by atoms with E-state index in [0.717, 1.165) is 59.4 Å². The summed E-state index contributed by atoms with van der Waals surface area (Å²) in [6.45, 7) is 4.54. The second kappa shape index (κ2) is 12.6. The van der Waals surface area contributed by atoms with Crippen LogP contribution in [0.3, 0.4) is 0 Å². The van der Waals surface area contributed by atoms with Gasteiger partial charge < -0.3 is 4.57 Å². The van der Waals surface area contributed by atoms with E-state index < -0.39 is 11.6 Å². The molecule has 0 unspecified atom stereocenters. The molecule has 0 saturated heterocycles. The average molecular weight is 522 g/mol. The zero-order valence-corrected chi connectivity index (χ0v) is 22.2. The number of rotatable bonds is 11. The Morgan fingerprint density at radius 1 is 0.718 bits per heavy atom. The fraction of sp³-hybridized carbons (Fsp3) is 0.206. The SMILES string of the molecule is CCCCn1c(-c2ccccc2)nc(-c2ccccc2)c1CN(Cc1ccccc1)Cc1ccc(F)cc1F. The third-order valence-corrected chi connectivity index (χ3v) is 6.92. The molecule has 0 bridgehead atoms. The van der Waals surface area contributed by atoms with E-state index in [1.807, 2.05) is 54.6 Å². The molecule has 5 rings (SSSR count). The van der Waals surface area contributed by atoms with Crippen LogP contribution in [-0.2, 0) is 26.2 Å². The lowest BCUT2D eigenvalue weighted by Crippen LogP contribution is -2.25. The van der Waals surface area contributed by atoms with E-state index in [1.54, 1.807) is 6.07 Å². The van der Waals surface area contributed by atoms with Crippen LogP contribution in [0.2, 0.25) is 0 Å². The summed E-state index contributed by atoms with van der Waals surface area (Å²) >= 11 is 0. The Bertz CT molecular complexity index is 1480. The first-order valence-corrected chi connectivity index (χ1v) is 13.5. The molecule has 0 aliphatic rings. The van der Waals surface area contributed by atoms with Crippen LogP contribution >= 0.6 is 0 Å². The van der Waals surface area contributed by atoms with E-state index >= 15 is 0 Å². The van der Waals surface area contributed by atoms with Crippen molar-refractivity contribution in [2.45, 2.75) is 45.9 Å². The monoisotopic (exact) mass is 521 g/mol. The summed E-state index contributed by atoms with van der Waals surface area (Å²) in [7, 11) is 0. The molecule has 0 atom stereocenters. The lowest BCUT2D eigenvalue weighted by molar-refractivity contribution is 0.238. The predicted molar refractivity (Wildman–Crippen MR) is 154 cm³/mol. The Balaban J connectivity index is 1.62. The van der Waals surface area contributed by atoms with Crippen LogP contribution in [-0.4, -0.2) is 14.5 Å². The number of imidazole rings is 1. The van der Waals surface area contributed by atoms with Crippen molar-refractivity contribution in [3.8, 4) is 22.6 Å². The zero-order chi connectivity index (χ0) is 27.0. The lowest BCUT2D eigenvalue weighted by atomic mass is 10.1. The maximum Gasteiger partial charge on any atom is 0.140 e. The quantitative estimate of drug-likeness (QED) is 0.174. The minimum Gasteiger partial charge on any atom is -0.326 e. The Kier molecular flexibility index (Phi) is 8.59. The second-order valence-corrected chi connectivity index (χ2v) is 9.83. The van der Waals surface area contributed by atoms with Gasteiger partial charge in [-0.1, -0.05) is 110 Å². The highest BCUT2D eigenvalue weighted by molar-refractivity contribution is 5.68. The van der Waals surface area contributed by atoms with Crippen LogP contribution in [0.5, 0.6) is 0 Å². The molecule has 1 aromatic heterocycles. The van der Waals surface area contributed by atoms with Gasteiger partial charge in [-0.15, -0.1) is 0 Å². The molecule has 0 amide bonds. The molecule has 0 fully saturated rings. The van der Waals surface area contributed by atoms with Gasteiger partial charge in [0.15, 0.2) is 0 Å². The van der Waals surface area contributed by atoms with Crippen LogP contribution in [0.1, 0.15) is 36.6 Å². The molecule has 39 heavy (non-hydrogen) atoms. The summed E-state index contributed by atoms with van der Waals surface area (Å²) in [6.07, 6.45) is 2.07. The number of hydrogen-bond acceptors (Lipinski definition) is 2. The van der Waals surface area contributed by atoms with E-state index in [2.05, 4.69) is 52.8 Å². The van der Waals surface area contributed by atoms with Gasteiger partial charge in [-0.2, -0.15) is 0 Å². The van der Waals surface area contributed by atoms with Crippen molar-refractivity contribution in [3.05, 3.63) is 138 Å². The number of halogens is 2. The summed E-state index contributed by atoms with van der Waals surface area (Å²) in [4.78, 5) is 7.43. The van der Waals surface area contributed by atoms with Gasteiger partial charge in [-0.25, -0.2) is 13.8 Å². The smallest absolute Gasteiger partial charge is 0.140 e. The van der Waals surface area contributed by atoms with Gasteiger partial charge in [0.2, 0.25) is 0 Å². The normalized spacial score (nSPS) is 11.3. The van der Waals surface area contributed by atoms with Gasteiger partial charge in [-0.3, -0.25) is 4.90 Å². The molecule has 5 heteroatoms. The fourth-order valence-corrected chi connectivity index (χ4v) is 4.95. The third kappa shape index (κ3) is 6.50. The maximum atomic E-state index is 14.8. The molecule has 0 aliphatic carbocycles. The molecule has 3 nitrogen and oxygen atoms in total. The second-order valence-electron chi connectivity index (χ2n) is 9.83. The number of unbranched alkanes of at least 4 members (excludes halogenated alkanes) is 1. The third-order valence-electron chi connectivity index (χ3n) is 6.92. The van der Waals surface area contributed by atoms with Crippen molar-refractivity contribution in [1.82, 2.24) is 14.5 Å². The van der Waals surface area contributed by atoms with E-state index in [1.165, 1.54) is 6.07 Å². The molecule has 5 aromatic rings. The number of nitrogens with zero attached hydrogens (tertiary/aromatic N) is 3. The summed E-state index contributed by atoms with van der Waals surface area (Å²) in [5, 5.41) is 0. The summed E-state index contributed by atoms with van der Waals surface area (Å²) in [5.74, 6) is -0.159. The number of hydrogen-bond donors (Lipinski definition) is 0. The van der Waals surface area contributed by atoms with Crippen LogP contribution in [0.25, 0.3) is 22.6 Å². The maximum absolute atomic E-state index is 14.8. The number of aromatic nitrogens is 2. The summed E-state index contributed by atoms with van der Waals surface area (Å²) in [5.41, 5.74) is 5.74. The number of benzene rings is 4. The predicted octanol–water partition coefficient (Wildman–Crippen LogP) is 8.50. The van der Waals surface area contributed by atoms with Gasteiger partial charge in [-0.05, 0) is 18.1 Å². The first kappa shape index (κ1) is 26.5. The molecule has 0 radical (unpaired) electrons. The highest BCUT2D eigenvalue weighted by atomic mass is 19.1. The first-order chi connectivity index (χ1) is 19.1. The van der Waals surface area contributed by atoms with Gasteiger partial charge >= 0.3 is 0 Å². The van der Waals surface area contributed by atoms with Crippen molar-refractivity contribution in [3.63, 3.8) is 0 Å². The van der Waals surface area contributed by atoms with Crippen molar-refractivity contribution < 1.29 is 8.78 Å². The summed E-state index contributed by atoms with van der Waals surface area (Å²) < 4.78 is 30.8. The Labute approximate surface area is 229 Å². The van der Waals surface area contributed by atoms with Crippen molar-refractivity contribution in [2.24, 2.45) is 0 Å². The lowest BCUT2D eigenvalue weighted by Gasteiger charge is -2.25. The topological polar surface area (TPSA) is 21.1 Å². The minimum absolute atomic E-state index is 0.342. The van der Waals surface area contributed by atoms with E-state index in [4.69, 9.17) is 4.98 Å². The van der Waals surface area contributed by atoms with Gasteiger partial charge in [0.1, 0.15) is 17.5 Å². The molecule has 198 valence electrons. The molecular weight excluding hydrogens is 488 g/mol. The van der Waals surface area contributed by atoms with Crippen LogP contribution in [0.4, 0.5) is 8.78 Å². The largest absolute Gasteiger partial charge is 0.326 e. The Hall–Kier alpha value is -4.09. The van der Waals surface area contributed by atoms with Crippen LogP contribution in [0, 0.1) is 11.6 Å². The van der Waals surface area contributed by atoms with Crippen LogP contribution < -0.4 is 0 Å². The van der Waals surface area contributed by atoms with Crippen LogP contribution in [0.15, 0.2) is 109 Å². The van der Waals surface area contributed by atoms with Gasteiger partial charge in [0.05, 0.1) is 11.4 Å². The van der Waals surface area contributed by atoms with Gasteiger partial charge in [0, 0.05) is 48.9 Å². The highest BCUT2D eigenvalue weighted by Crippen LogP contribution is 2.32. The molecular formula is C34H33F2N3. The highest BCUT2D eigenvalue weighted by Gasteiger charge is 2.22. The molecule has 0 N–H and O–H groups in total. The summed E-state index contributed by atoms with van der Waals surface area (Å²) in [6, 6.07) is 34.5. The molecule has 4 aromatic carbocycles. The zero-order valence-electron chi connectivity index (χ0n) is 22.2. The average Bonchev–Trinajstić information content (AvgIpc) is 3.32. The van der Waals surface area contributed by atoms with Crippen molar-refractivity contribution >= 4 is 0 Å². The first-order valence-electron chi connectivity index (χ1n) is 13.5. The minimum atomic E-state index is -0.567. The van der Waals surface area contributed by atoms with E-state index in [9.17, 15) is 8.78 Å². The Morgan fingerprint density at radius 2 is 1.36 bits per heavy atom. The molecule has 0 saturated carbocycles. The standard InChI is InChI=1S/C34H33F2N3/c1-2-3-21-39-32(33(27-15-9-5-10-16-27)37-34(39)28-17-11-6-12-18-28)25-38(23-26-13-7-4-8-14-26)24-29-19-20-30(35)22-31(29)36/h4-20,22H,2-3,21,23-25H2,1H3. The van der Waals surface area contributed by atoms with Gasteiger partial charge in [0.25, 0.3) is 0 Å². The Morgan fingerprint density at radius 3 is 2.00 bits per heavy atom. The molecule has 0 aliphatic heterocycles.